The number of hydrogen-bond acceptors (Lipinski definition) is 4. The summed E-state index contributed by atoms with van der Waals surface area (Å²) in [6, 6.07) is 7.10. The molecule has 1 heterocycles. The Bertz CT molecular complexity index is 789. The van der Waals surface area contributed by atoms with Crippen molar-refractivity contribution in [1.82, 2.24) is 5.32 Å². The molecule has 0 aliphatic rings. The van der Waals surface area contributed by atoms with Crippen LogP contribution in [0.4, 0.5) is 9.39 Å². The number of hydrogen-bond donors (Lipinski definition) is 3. The maximum atomic E-state index is 13.2. The lowest BCUT2D eigenvalue weighted by Crippen LogP contribution is -2.40. The molecule has 7 heteroatoms. The van der Waals surface area contributed by atoms with Crippen LogP contribution in [-0.2, 0) is 0 Å². The summed E-state index contributed by atoms with van der Waals surface area (Å²) < 4.78 is 13.2. The van der Waals surface area contributed by atoms with Crippen LogP contribution < -0.4 is 16.4 Å². The van der Waals surface area contributed by atoms with Gasteiger partial charge in [-0.25, -0.2) is 4.39 Å². The number of nitrogens with one attached hydrogen (secondary N) is 2. The van der Waals surface area contributed by atoms with E-state index < -0.39 is 11.7 Å². The monoisotopic (exact) mass is 377 g/mol. The van der Waals surface area contributed by atoms with Crippen molar-refractivity contribution in [2.24, 2.45) is 11.7 Å². The first-order chi connectivity index (χ1) is 12.3. The van der Waals surface area contributed by atoms with Gasteiger partial charge in [0.1, 0.15) is 5.82 Å². The smallest absolute Gasteiger partial charge is 0.261 e. The predicted molar refractivity (Wildman–Crippen MR) is 103 cm³/mol. The highest BCUT2D eigenvalue weighted by molar-refractivity contribution is 7.18. The Labute approximate surface area is 156 Å². The third-order valence-corrected chi connectivity index (χ3v) is 4.97. The van der Waals surface area contributed by atoms with Crippen LogP contribution in [0.5, 0.6) is 0 Å². The van der Waals surface area contributed by atoms with E-state index in [-0.39, 0.29) is 17.5 Å². The first kappa shape index (κ1) is 20.1. The fourth-order valence-corrected chi connectivity index (χ4v) is 3.59. The summed E-state index contributed by atoms with van der Waals surface area (Å²) in [7, 11) is 0. The zero-order valence-corrected chi connectivity index (χ0v) is 16.0. The van der Waals surface area contributed by atoms with Crippen LogP contribution >= 0.6 is 11.3 Å². The highest BCUT2D eigenvalue weighted by atomic mass is 32.1. The molecule has 0 saturated carbocycles. The molecule has 1 aromatic heterocycles. The molecule has 1 atom stereocenters. The molecule has 0 aliphatic carbocycles. The van der Waals surface area contributed by atoms with Crippen LogP contribution in [0.1, 0.15) is 45.9 Å². The summed E-state index contributed by atoms with van der Waals surface area (Å²) in [6.45, 7) is 6.33. The van der Waals surface area contributed by atoms with Crippen molar-refractivity contribution in [3.8, 4) is 0 Å². The van der Waals surface area contributed by atoms with Gasteiger partial charge in [0.2, 0.25) is 0 Å². The molecule has 2 amide bonds. The summed E-state index contributed by atoms with van der Waals surface area (Å²) in [5.41, 5.74) is 6.72. The van der Waals surface area contributed by atoms with Gasteiger partial charge in [0, 0.05) is 18.2 Å². The summed E-state index contributed by atoms with van der Waals surface area (Å²) in [5, 5.41) is 6.19. The summed E-state index contributed by atoms with van der Waals surface area (Å²) in [5.74, 6) is -0.667. The average molecular weight is 377 g/mol. The average Bonchev–Trinajstić information content (AvgIpc) is 2.94. The van der Waals surface area contributed by atoms with E-state index >= 15 is 0 Å². The minimum absolute atomic E-state index is 0.0886. The summed E-state index contributed by atoms with van der Waals surface area (Å²) >= 11 is 1.19. The minimum Gasteiger partial charge on any atom is -0.347 e. The van der Waals surface area contributed by atoms with Gasteiger partial charge < -0.3 is 16.4 Å². The predicted octanol–water partition coefficient (Wildman–Crippen LogP) is 3.55. The van der Waals surface area contributed by atoms with Gasteiger partial charge in [-0.05, 0) is 49.1 Å². The van der Waals surface area contributed by atoms with E-state index in [1.165, 1.54) is 35.6 Å². The molecular formula is C19H24FN3O2S. The van der Waals surface area contributed by atoms with Crippen molar-refractivity contribution >= 4 is 28.2 Å². The molecule has 0 saturated heterocycles. The number of benzene rings is 1. The van der Waals surface area contributed by atoms with E-state index in [9.17, 15) is 14.0 Å². The van der Waals surface area contributed by atoms with Gasteiger partial charge >= 0.3 is 0 Å². The normalized spacial score (nSPS) is 12.1. The molecule has 0 radical (unpaired) electrons. The van der Waals surface area contributed by atoms with Crippen LogP contribution in [0.25, 0.3) is 0 Å². The molecule has 140 valence electrons. The highest BCUT2D eigenvalue weighted by Gasteiger charge is 2.19. The number of carbonyl (C=O) groups is 2. The third-order valence-electron chi connectivity index (χ3n) is 3.82. The molecular weight excluding hydrogens is 353 g/mol. The summed E-state index contributed by atoms with van der Waals surface area (Å²) in [4.78, 5) is 25.3. The number of carbonyl (C=O) groups excluding carboxylic acids is 2. The van der Waals surface area contributed by atoms with E-state index in [0.717, 1.165) is 12.0 Å². The van der Waals surface area contributed by atoms with E-state index in [2.05, 4.69) is 24.5 Å². The summed E-state index contributed by atoms with van der Waals surface area (Å²) in [6.07, 6.45) is 0.801. The molecule has 2 aromatic rings. The Morgan fingerprint density at radius 3 is 2.58 bits per heavy atom. The molecule has 4 N–H and O–H groups in total. The standard InChI is InChI=1S/C19H24FN3O2S/c1-11(2)7-15(10-21)22-19(25)17-12(3)8-16(26-17)23-18(24)13-5-4-6-14(20)9-13/h4-6,8-9,11,15H,7,10,21H2,1-3H3,(H,22,25)(H,23,24). The second-order valence-corrected chi connectivity index (χ2v) is 7.68. The topological polar surface area (TPSA) is 84.2 Å². The van der Waals surface area contributed by atoms with E-state index in [1.807, 2.05) is 6.92 Å². The lowest BCUT2D eigenvalue weighted by molar-refractivity contribution is 0.0936. The van der Waals surface area contributed by atoms with Crippen LogP contribution in [-0.4, -0.2) is 24.4 Å². The van der Waals surface area contributed by atoms with Crippen molar-refractivity contribution in [3.05, 3.63) is 52.2 Å². The number of halogens is 1. The van der Waals surface area contributed by atoms with Gasteiger partial charge in [0.05, 0.1) is 9.88 Å². The lowest BCUT2D eigenvalue weighted by Gasteiger charge is -2.18. The Kier molecular flexibility index (Phi) is 6.88. The maximum absolute atomic E-state index is 13.2. The molecule has 0 aliphatic heterocycles. The first-order valence-corrected chi connectivity index (χ1v) is 9.30. The van der Waals surface area contributed by atoms with E-state index in [0.29, 0.717) is 22.3 Å². The third kappa shape index (κ3) is 5.37. The first-order valence-electron chi connectivity index (χ1n) is 8.48. The van der Waals surface area contributed by atoms with Gasteiger partial charge in [0.15, 0.2) is 0 Å². The Morgan fingerprint density at radius 2 is 1.96 bits per heavy atom. The maximum Gasteiger partial charge on any atom is 0.261 e. The Morgan fingerprint density at radius 1 is 1.23 bits per heavy atom. The molecule has 5 nitrogen and oxygen atoms in total. The number of rotatable bonds is 7. The molecule has 2 rings (SSSR count). The van der Waals surface area contributed by atoms with Crippen LogP contribution in [0.15, 0.2) is 30.3 Å². The van der Waals surface area contributed by atoms with Gasteiger partial charge in [-0.3, -0.25) is 9.59 Å². The number of amides is 2. The minimum atomic E-state index is -0.474. The van der Waals surface area contributed by atoms with Crippen molar-refractivity contribution in [2.45, 2.75) is 33.2 Å². The number of aryl methyl sites for hydroxylation is 1. The van der Waals surface area contributed by atoms with Crippen molar-refractivity contribution in [3.63, 3.8) is 0 Å². The van der Waals surface area contributed by atoms with Gasteiger partial charge in [0.25, 0.3) is 11.8 Å². The van der Waals surface area contributed by atoms with Crippen LogP contribution in [0, 0.1) is 18.7 Å². The molecule has 0 bridgehead atoms. The Hall–Kier alpha value is -2.25. The van der Waals surface area contributed by atoms with E-state index in [4.69, 9.17) is 5.73 Å². The molecule has 0 fully saturated rings. The molecule has 1 unspecified atom stereocenters. The van der Waals surface area contributed by atoms with Crippen molar-refractivity contribution < 1.29 is 14.0 Å². The SMILES string of the molecule is Cc1cc(NC(=O)c2cccc(F)c2)sc1C(=O)NC(CN)CC(C)C. The lowest BCUT2D eigenvalue weighted by atomic mass is 10.0. The van der Waals surface area contributed by atoms with Crippen molar-refractivity contribution in [1.29, 1.82) is 0 Å². The zero-order valence-electron chi connectivity index (χ0n) is 15.1. The van der Waals surface area contributed by atoms with Crippen LogP contribution in [0.3, 0.4) is 0 Å². The zero-order chi connectivity index (χ0) is 19.3. The fourth-order valence-electron chi connectivity index (χ4n) is 2.62. The van der Waals surface area contributed by atoms with E-state index in [1.54, 1.807) is 6.07 Å². The van der Waals surface area contributed by atoms with Gasteiger partial charge in [-0.15, -0.1) is 11.3 Å². The van der Waals surface area contributed by atoms with Gasteiger partial charge in [-0.1, -0.05) is 19.9 Å². The highest BCUT2D eigenvalue weighted by Crippen LogP contribution is 2.27. The second kappa shape index (κ2) is 8.91. The van der Waals surface area contributed by atoms with Crippen LogP contribution in [0.2, 0.25) is 0 Å². The number of nitrogens with two attached hydrogens (primary N) is 1. The van der Waals surface area contributed by atoms with Gasteiger partial charge in [-0.2, -0.15) is 0 Å². The molecule has 0 spiro atoms. The molecule has 1 aromatic carbocycles. The van der Waals surface area contributed by atoms with Crippen molar-refractivity contribution in [2.75, 3.05) is 11.9 Å². The number of thiophene rings is 1. The quantitative estimate of drug-likeness (QED) is 0.690. The molecule has 26 heavy (non-hydrogen) atoms. The largest absolute Gasteiger partial charge is 0.347 e. The second-order valence-electron chi connectivity index (χ2n) is 6.62. The fraction of sp³-hybridized carbons (Fsp3) is 0.368. The Balaban J connectivity index is 2.08. The number of anilines is 1.